The number of benzene rings is 1. The highest BCUT2D eigenvalue weighted by Gasteiger charge is 2.17. The summed E-state index contributed by atoms with van der Waals surface area (Å²) in [5.74, 6) is 1.26. The molecule has 0 spiro atoms. The average molecular weight is 315 g/mol. The molecule has 0 unspecified atom stereocenters. The molecule has 1 aromatic heterocycles. The highest BCUT2D eigenvalue weighted by atomic mass is 32.2. The fraction of sp³-hybridized carbons (Fsp3) is 0.375. The van der Waals surface area contributed by atoms with Crippen molar-refractivity contribution in [3.8, 4) is 11.3 Å². The summed E-state index contributed by atoms with van der Waals surface area (Å²) in [7, 11) is 2.14. The molecule has 0 radical (unpaired) electrons. The molecule has 116 valence electrons. The second kappa shape index (κ2) is 6.54. The number of hydrogen-bond donors (Lipinski definition) is 1. The molecule has 0 saturated carbocycles. The van der Waals surface area contributed by atoms with E-state index in [1.54, 1.807) is 11.8 Å². The van der Waals surface area contributed by atoms with Crippen molar-refractivity contribution in [2.24, 2.45) is 0 Å². The molecular weight excluding hydrogens is 294 g/mol. The molecule has 5 nitrogen and oxygen atoms in total. The van der Waals surface area contributed by atoms with Gasteiger partial charge in [-0.1, -0.05) is 12.1 Å². The zero-order valence-electron chi connectivity index (χ0n) is 13.0. The first-order valence-corrected chi connectivity index (χ1v) is 8.60. The predicted octanol–water partition coefficient (Wildman–Crippen LogP) is 2.20. The number of aromatic nitrogens is 2. The summed E-state index contributed by atoms with van der Waals surface area (Å²) in [4.78, 5) is 14.6. The van der Waals surface area contributed by atoms with E-state index in [9.17, 15) is 0 Å². The third-order valence-corrected chi connectivity index (χ3v) is 4.65. The van der Waals surface area contributed by atoms with E-state index in [0.29, 0.717) is 5.95 Å². The second-order valence-electron chi connectivity index (χ2n) is 5.49. The van der Waals surface area contributed by atoms with Gasteiger partial charge in [-0.05, 0) is 25.4 Å². The Kier molecular flexibility index (Phi) is 4.49. The monoisotopic (exact) mass is 315 g/mol. The molecule has 0 atom stereocenters. The van der Waals surface area contributed by atoms with Gasteiger partial charge in [0.1, 0.15) is 5.82 Å². The highest BCUT2D eigenvalue weighted by molar-refractivity contribution is 7.98. The summed E-state index contributed by atoms with van der Waals surface area (Å²) in [6.07, 6.45) is 2.07. The first-order valence-electron chi connectivity index (χ1n) is 7.38. The quantitative estimate of drug-likeness (QED) is 0.876. The molecule has 1 aliphatic heterocycles. The van der Waals surface area contributed by atoms with Gasteiger partial charge in [0, 0.05) is 42.7 Å². The van der Waals surface area contributed by atoms with Crippen LogP contribution in [0.15, 0.2) is 35.2 Å². The third kappa shape index (κ3) is 3.34. The van der Waals surface area contributed by atoms with E-state index in [0.717, 1.165) is 43.3 Å². The van der Waals surface area contributed by atoms with Crippen LogP contribution in [-0.4, -0.2) is 54.4 Å². The Morgan fingerprint density at radius 1 is 1.09 bits per heavy atom. The van der Waals surface area contributed by atoms with Crippen LogP contribution in [0.3, 0.4) is 0 Å². The molecule has 1 aromatic carbocycles. The molecule has 0 bridgehead atoms. The van der Waals surface area contributed by atoms with E-state index in [4.69, 9.17) is 5.73 Å². The van der Waals surface area contributed by atoms with Gasteiger partial charge in [-0.2, -0.15) is 4.98 Å². The third-order valence-electron chi connectivity index (χ3n) is 3.92. The van der Waals surface area contributed by atoms with Gasteiger partial charge >= 0.3 is 0 Å². The summed E-state index contributed by atoms with van der Waals surface area (Å²) < 4.78 is 0. The molecular formula is C16H21N5S. The minimum atomic E-state index is 0.334. The van der Waals surface area contributed by atoms with Crippen LogP contribution in [0.1, 0.15) is 0 Å². The number of rotatable bonds is 3. The van der Waals surface area contributed by atoms with E-state index in [1.807, 2.05) is 6.07 Å². The molecule has 0 aliphatic carbocycles. The molecule has 1 aliphatic rings. The Morgan fingerprint density at radius 3 is 2.59 bits per heavy atom. The summed E-state index contributed by atoms with van der Waals surface area (Å²) in [5, 5.41) is 0. The maximum Gasteiger partial charge on any atom is 0.222 e. The molecule has 2 heterocycles. The topological polar surface area (TPSA) is 58.3 Å². The van der Waals surface area contributed by atoms with Crippen molar-refractivity contribution in [3.05, 3.63) is 30.3 Å². The van der Waals surface area contributed by atoms with Gasteiger partial charge in [0.15, 0.2) is 0 Å². The molecule has 1 saturated heterocycles. The van der Waals surface area contributed by atoms with E-state index in [2.05, 4.69) is 57.3 Å². The molecule has 2 N–H and O–H groups in total. The highest BCUT2D eigenvalue weighted by Crippen LogP contribution is 2.26. The standard InChI is InChI=1S/C16H21N5S/c1-20-6-8-21(9-7-20)15-11-14(18-16(17)19-15)12-4-3-5-13(10-12)22-2/h3-5,10-11H,6-9H2,1-2H3,(H2,17,18,19). The maximum absolute atomic E-state index is 5.94. The van der Waals surface area contributed by atoms with E-state index in [-0.39, 0.29) is 0 Å². The van der Waals surface area contributed by atoms with Crippen molar-refractivity contribution in [3.63, 3.8) is 0 Å². The zero-order chi connectivity index (χ0) is 15.5. The molecule has 0 amide bonds. The van der Waals surface area contributed by atoms with Crippen molar-refractivity contribution < 1.29 is 0 Å². The second-order valence-corrected chi connectivity index (χ2v) is 6.37. The van der Waals surface area contributed by atoms with Crippen LogP contribution < -0.4 is 10.6 Å². The number of hydrogen-bond acceptors (Lipinski definition) is 6. The number of likely N-dealkylation sites (N-methyl/N-ethyl adjacent to an activating group) is 1. The fourth-order valence-corrected chi connectivity index (χ4v) is 3.04. The largest absolute Gasteiger partial charge is 0.368 e. The van der Waals surface area contributed by atoms with Crippen LogP contribution >= 0.6 is 11.8 Å². The SMILES string of the molecule is CSc1cccc(-c2cc(N3CCN(C)CC3)nc(N)n2)c1. The van der Waals surface area contributed by atoms with Crippen molar-refractivity contribution >= 4 is 23.5 Å². The zero-order valence-corrected chi connectivity index (χ0v) is 13.8. The van der Waals surface area contributed by atoms with Crippen LogP contribution in [0, 0.1) is 0 Å². The predicted molar refractivity (Wildman–Crippen MR) is 93.4 cm³/mol. The van der Waals surface area contributed by atoms with Crippen molar-refractivity contribution in [1.29, 1.82) is 0 Å². The van der Waals surface area contributed by atoms with Crippen molar-refractivity contribution in [2.75, 3.05) is 50.1 Å². The molecule has 6 heteroatoms. The van der Waals surface area contributed by atoms with E-state index >= 15 is 0 Å². The van der Waals surface area contributed by atoms with Gasteiger partial charge in [0.05, 0.1) is 5.69 Å². The lowest BCUT2D eigenvalue weighted by Crippen LogP contribution is -2.44. The summed E-state index contributed by atoms with van der Waals surface area (Å²) in [6.45, 7) is 4.02. The van der Waals surface area contributed by atoms with Gasteiger partial charge in [-0.3, -0.25) is 0 Å². The summed E-state index contributed by atoms with van der Waals surface area (Å²) in [6, 6.07) is 10.4. The van der Waals surface area contributed by atoms with Crippen LogP contribution in [-0.2, 0) is 0 Å². The Hall–Kier alpha value is -1.79. The van der Waals surface area contributed by atoms with Gasteiger partial charge < -0.3 is 15.5 Å². The van der Waals surface area contributed by atoms with E-state index < -0.39 is 0 Å². The molecule has 3 rings (SSSR count). The average Bonchev–Trinajstić information content (AvgIpc) is 2.55. The Balaban J connectivity index is 1.92. The van der Waals surface area contributed by atoms with Gasteiger partial charge in [0.2, 0.25) is 5.95 Å². The Bertz CT molecular complexity index is 653. The van der Waals surface area contributed by atoms with Crippen molar-refractivity contribution in [2.45, 2.75) is 4.90 Å². The molecule has 22 heavy (non-hydrogen) atoms. The fourth-order valence-electron chi connectivity index (χ4n) is 2.58. The van der Waals surface area contributed by atoms with Crippen LogP contribution in [0.4, 0.5) is 11.8 Å². The first kappa shape index (κ1) is 15.1. The minimum absolute atomic E-state index is 0.334. The van der Waals surface area contributed by atoms with Crippen molar-refractivity contribution in [1.82, 2.24) is 14.9 Å². The number of nitrogens with two attached hydrogens (primary N) is 1. The number of thioether (sulfide) groups is 1. The lowest BCUT2D eigenvalue weighted by Gasteiger charge is -2.33. The van der Waals surface area contributed by atoms with Crippen LogP contribution in [0.5, 0.6) is 0 Å². The Morgan fingerprint density at radius 2 is 1.86 bits per heavy atom. The normalized spacial score (nSPS) is 16.0. The molecule has 1 fully saturated rings. The van der Waals surface area contributed by atoms with E-state index in [1.165, 1.54) is 4.90 Å². The molecule has 2 aromatic rings. The number of nitrogens with zero attached hydrogens (tertiary/aromatic N) is 4. The smallest absolute Gasteiger partial charge is 0.222 e. The van der Waals surface area contributed by atoms with Gasteiger partial charge in [-0.15, -0.1) is 11.8 Å². The maximum atomic E-state index is 5.94. The van der Waals surface area contributed by atoms with Crippen LogP contribution in [0.2, 0.25) is 0 Å². The van der Waals surface area contributed by atoms with Gasteiger partial charge in [-0.25, -0.2) is 4.98 Å². The summed E-state index contributed by atoms with van der Waals surface area (Å²) >= 11 is 1.72. The minimum Gasteiger partial charge on any atom is -0.368 e. The lowest BCUT2D eigenvalue weighted by molar-refractivity contribution is 0.312. The number of piperazine rings is 1. The first-order chi connectivity index (χ1) is 10.7. The van der Waals surface area contributed by atoms with Crippen LogP contribution in [0.25, 0.3) is 11.3 Å². The summed E-state index contributed by atoms with van der Waals surface area (Å²) in [5.41, 5.74) is 7.90. The van der Waals surface area contributed by atoms with Gasteiger partial charge in [0.25, 0.3) is 0 Å². The lowest BCUT2D eigenvalue weighted by atomic mass is 10.1. The number of anilines is 2. The Labute approximate surface area is 135 Å². The number of nitrogen functional groups attached to an aromatic ring is 1.